The largest absolute Gasteiger partial charge is 0.496 e. The molecular weight excluding hydrogens is 323 g/mol. The van der Waals surface area contributed by atoms with E-state index in [1.807, 2.05) is 0 Å². The third-order valence-electron chi connectivity index (χ3n) is 4.38. The highest BCUT2D eigenvalue weighted by molar-refractivity contribution is 6.33. The molecule has 22 heavy (non-hydrogen) atoms. The molecule has 0 radical (unpaired) electrons. The molecule has 1 aromatic carbocycles. The lowest BCUT2D eigenvalue weighted by molar-refractivity contribution is 0.0830. The molecule has 0 bridgehead atoms. The lowest BCUT2D eigenvalue weighted by atomic mass is 9.66. The number of nitrogens with one attached hydrogen (secondary N) is 1. The van der Waals surface area contributed by atoms with Crippen LogP contribution in [0.1, 0.15) is 49.4 Å². The first-order valence-electron chi connectivity index (χ1n) is 7.42. The van der Waals surface area contributed by atoms with E-state index in [-0.39, 0.29) is 23.7 Å². The first kappa shape index (κ1) is 18.9. The molecular formula is C16H24Cl2N2O2. The van der Waals surface area contributed by atoms with Crippen LogP contribution in [0.4, 0.5) is 5.69 Å². The Morgan fingerprint density at radius 3 is 2.64 bits per heavy atom. The van der Waals surface area contributed by atoms with Crippen molar-refractivity contribution in [2.75, 3.05) is 19.4 Å². The molecule has 1 aliphatic rings. The van der Waals surface area contributed by atoms with Gasteiger partial charge >= 0.3 is 0 Å². The van der Waals surface area contributed by atoms with E-state index in [0.717, 1.165) is 12.8 Å². The van der Waals surface area contributed by atoms with Crippen LogP contribution in [0.3, 0.4) is 0 Å². The monoisotopic (exact) mass is 346 g/mol. The van der Waals surface area contributed by atoms with Crippen molar-refractivity contribution in [1.82, 2.24) is 5.32 Å². The summed E-state index contributed by atoms with van der Waals surface area (Å²) in [7, 11) is 1.52. The van der Waals surface area contributed by atoms with Gasteiger partial charge in [-0.2, -0.15) is 0 Å². The number of benzene rings is 1. The number of ether oxygens (including phenoxy) is 1. The van der Waals surface area contributed by atoms with Crippen LogP contribution in [-0.2, 0) is 0 Å². The van der Waals surface area contributed by atoms with Crippen molar-refractivity contribution in [3.8, 4) is 5.75 Å². The van der Waals surface area contributed by atoms with Crippen molar-refractivity contribution >= 4 is 35.6 Å². The zero-order valence-electron chi connectivity index (χ0n) is 13.1. The fraction of sp³-hybridized carbons (Fsp3) is 0.562. The van der Waals surface area contributed by atoms with Crippen LogP contribution in [0.2, 0.25) is 5.02 Å². The molecule has 1 fully saturated rings. The molecule has 1 aliphatic carbocycles. The number of halogens is 2. The summed E-state index contributed by atoms with van der Waals surface area (Å²) < 4.78 is 5.22. The number of nitrogen functional groups attached to an aromatic ring is 1. The molecule has 4 nitrogen and oxygen atoms in total. The van der Waals surface area contributed by atoms with E-state index in [0.29, 0.717) is 28.6 Å². The van der Waals surface area contributed by atoms with Gasteiger partial charge in [-0.1, -0.05) is 31.4 Å². The number of anilines is 1. The topological polar surface area (TPSA) is 64.4 Å². The second-order valence-electron chi connectivity index (χ2n) is 5.86. The van der Waals surface area contributed by atoms with Crippen LogP contribution < -0.4 is 15.8 Å². The molecule has 1 aromatic rings. The summed E-state index contributed by atoms with van der Waals surface area (Å²) >= 11 is 6.00. The van der Waals surface area contributed by atoms with Crippen molar-refractivity contribution in [2.45, 2.75) is 39.0 Å². The summed E-state index contributed by atoms with van der Waals surface area (Å²) in [6.07, 6.45) is 5.95. The molecule has 0 spiro atoms. The number of rotatable bonds is 6. The highest BCUT2D eigenvalue weighted by Gasteiger charge is 2.36. The first-order valence-corrected chi connectivity index (χ1v) is 7.80. The summed E-state index contributed by atoms with van der Waals surface area (Å²) in [6.45, 7) is 2.90. The predicted molar refractivity (Wildman–Crippen MR) is 93.2 cm³/mol. The zero-order chi connectivity index (χ0) is 15.5. The van der Waals surface area contributed by atoms with Gasteiger partial charge in [0.15, 0.2) is 0 Å². The normalized spacial score (nSPS) is 15.4. The molecule has 2 rings (SSSR count). The van der Waals surface area contributed by atoms with E-state index in [1.165, 1.54) is 26.4 Å². The molecule has 0 aliphatic heterocycles. The van der Waals surface area contributed by atoms with E-state index in [4.69, 9.17) is 22.1 Å². The number of amides is 1. The number of methoxy groups -OCH3 is 1. The van der Waals surface area contributed by atoms with Crippen LogP contribution in [-0.4, -0.2) is 19.6 Å². The Balaban J connectivity index is 0.00000242. The first-order chi connectivity index (χ1) is 10.0. The Morgan fingerprint density at radius 1 is 1.45 bits per heavy atom. The number of hydrogen-bond acceptors (Lipinski definition) is 3. The third-order valence-corrected chi connectivity index (χ3v) is 4.71. The molecule has 0 aromatic heterocycles. The lowest BCUT2D eigenvalue weighted by Gasteiger charge is -2.42. The van der Waals surface area contributed by atoms with Gasteiger partial charge in [-0.05, 0) is 30.7 Å². The number of carbonyl (C=O) groups excluding carboxylic acids is 1. The van der Waals surface area contributed by atoms with Crippen molar-refractivity contribution in [2.24, 2.45) is 5.41 Å². The van der Waals surface area contributed by atoms with Gasteiger partial charge in [0, 0.05) is 12.6 Å². The van der Waals surface area contributed by atoms with Crippen LogP contribution in [0.25, 0.3) is 0 Å². The van der Waals surface area contributed by atoms with Gasteiger partial charge in [0.2, 0.25) is 0 Å². The maximum Gasteiger partial charge on any atom is 0.255 e. The van der Waals surface area contributed by atoms with E-state index in [9.17, 15) is 4.79 Å². The molecule has 0 saturated heterocycles. The summed E-state index contributed by atoms with van der Waals surface area (Å²) in [5.41, 5.74) is 6.86. The third kappa shape index (κ3) is 3.99. The van der Waals surface area contributed by atoms with Gasteiger partial charge in [0.1, 0.15) is 5.75 Å². The molecule has 6 heteroatoms. The minimum absolute atomic E-state index is 0. The van der Waals surface area contributed by atoms with Crippen molar-refractivity contribution < 1.29 is 9.53 Å². The summed E-state index contributed by atoms with van der Waals surface area (Å²) in [6, 6.07) is 3.15. The van der Waals surface area contributed by atoms with Crippen molar-refractivity contribution in [3.63, 3.8) is 0 Å². The average molecular weight is 347 g/mol. The smallest absolute Gasteiger partial charge is 0.255 e. The Morgan fingerprint density at radius 2 is 2.14 bits per heavy atom. The van der Waals surface area contributed by atoms with Gasteiger partial charge < -0.3 is 15.8 Å². The van der Waals surface area contributed by atoms with E-state index >= 15 is 0 Å². The van der Waals surface area contributed by atoms with Crippen molar-refractivity contribution in [3.05, 3.63) is 22.7 Å². The van der Waals surface area contributed by atoms with Gasteiger partial charge in [-0.3, -0.25) is 4.79 Å². The molecule has 124 valence electrons. The summed E-state index contributed by atoms with van der Waals surface area (Å²) in [4.78, 5) is 12.4. The molecule has 3 N–H and O–H groups in total. The Labute approximate surface area is 143 Å². The van der Waals surface area contributed by atoms with Gasteiger partial charge in [-0.25, -0.2) is 0 Å². The standard InChI is InChI=1S/C16H23ClN2O2.ClH/c1-3-5-16(6-4-7-16)10-19-15(20)11-8-12(17)13(18)9-14(11)21-2;/h8-9H,3-7,10,18H2,1-2H3,(H,19,20);1H. The van der Waals surface area contributed by atoms with Crippen LogP contribution in [0.5, 0.6) is 5.75 Å². The SMILES string of the molecule is CCCC1(CNC(=O)c2cc(Cl)c(N)cc2OC)CCC1.Cl. The highest BCUT2D eigenvalue weighted by atomic mass is 35.5. The van der Waals surface area contributed by atoms with Crippen LogP contribution >= 0.6 is 24.0 Å². The maximum atomic E-state index is 12.4. The summed E-state index contributed by atoms with van der Waals surface area (Å²) in [5.74, 6) is 0.295. The van der Waals surface area contributed by atoms with Crippen LogP contribution in [0, 0.1) is 5.41 Å². The second kappa shape index (κ2) is 7.93. The van der Waals surface area contributed by atoms with Gasteiger partial charge in [0.05, 0.1) is 23.4 Å². The van der Waals surface area contributed by atoms with Gasteiger partial charge in [-0.15, -0.1) is 12.4 Å². The Bertz CT molecular complexity index is 531. The number of hydrogen-bond donors (Lipinski definition) is 2. The minimum Gasteiger partial charge on any atom is -0.496 e. The molecule has 0 atom stereocenters. The molecule has 1 saturated carbocycles. The van der Waals surface area contributed by atoms with Crippen molar-refractivity contribution in [1.29, 1.82) is 0 Å². The average Bonchev–Trinajstić information content (AvgIpc) is 2.43. The molecule has 0 heterocycles. The fourth-order valence-electron chi connectivity index (χ4n) is 3.00. The predicted octanol–water partition coefficient (Wildman–Crippen LogP) is 4.05. The molecule has 1 amide bonds. The van der Waals surface area contributed by atoms with E-state index in [1.54, 1.807) is 12.1 Å². The number of carbonyl (C=O) groups is 1. The van der Waals surface area contributed by atoms with Crippen LogP contribution in [0.15, 0.2) is 12.1 Å². The molecule has 0 unspecified atom stereocenters. The van der Waals surface area contributed by atoms with E-state index in [2.05, 4.69) is 12.2 Å². The van der Waals surface area contributed by atoms with Gasteiger partial charge in [0.25, 0.3) is 5.91 Å². The quantitative estimate of drug-likeness (QED) is 0.763. The van der Waals surface area contributed by atoms with E-state index < -0.39 is 0 Å². The Kier molecular flexibility index (Phi) is 6.82. The highest BCUT2D eigenvalue weighted by Crippen LogP contribution is 2.44. The number of nitrogens with two attached hydrogens (primary N) is 1. The second-order valence-corrected chi connectivity index (χ2v) is 6.27. The Hall–Kier alpha value is -1.13. The lowest BCUT2D eigenvalue weighted by Crippen LogP contribution is -2.42. The zero-order valence-corrected chi connectivity index (χ0v) is 14.6. The minimum atomic E-state index is -0.156. The fourth-order valence-corrected chi connectivity index (χ4v) is 3.16. The summed E-state index contributed by atoms with van der Waals surface area (Å²) in [5, 5.41) is 3.40. The maximum absolute atomic E-state index is 12.4.